The number of aromatic nitrogens is 1. The average molecular weight is 551 g/mol. The molecule has 0 radical (unpaired) electrons. The first-order chi connectivity index (χ1) is 18.2. The summed E-state index contributed by atoms with van der Waals surface area (Å²) >= 11 is 3.48. The Hall–Kier alpha value is -3.56. The summed E-state index contributed by atoms with van der Waals surface area (Å²) < 4.78 is 8.03. The van der Waals surface area contributed by atoms with Gasteiger partial charge in [0.2, 0.25) is 0 Å². The molecule has 0 aliphatic carbocycles. The van der Waals surface area contributed by atoms with E-state index < -0.39 is 5.60 Å². The summed E-state index contributed by atoms with van der Waals surface area (Å²) in [5, 5.41) is 10.0. The van der Waals surface area contributed by atoms with E-state index in [0.717, 1.165) is 26.9 Å². The molecule has 184 valence electrons. The summed E-state index contributed by atoms with van der Waals surface area (Å²) in [6.07, 6.45) is 3.64. The zero-order valence-corrected chi connectivity index (χ0v) is 22.0. The van der Waals surface area contributed by atoms with Gasteiger partial charge in [-0.3, -0.25) is 9.88 Å². The maximum atomic E-state index is 10.0. The third kappa shape index (κ3) is 4.76. The van der Waals surface area contributed by atoms with E-state index >= 15 is 0 Å². The summed E-state index contributed by atoms with van der Waals surface area (Å²) in [6.45, 7) is 4.95. The van der Waals surface area contributed by atoms with Gasteiger partial charge in [-0.1, -0.05) is 97.1 Å². The van der Waals surface area contributed by atoms with E-state index in [9.17, 15) is 5.26 Å². The Kier molecular flexibility index (Phi) is 7.62. The van der Waals surface area contributed by atoms with Gasteiger partial charge in [0, 0.05) is 34.9 Å². The lowest BCUT2D eigenvalue weighted by molar-refractivity contribution is -0.0758. The second-order valence-corrected chi connectivity index (χ2v) is 10.1. The SMILES string of the molecule is C=CCN1[C@H](COC(c2ccccc2)(c2ccccc2)c2ccccc2)[C@H](c2ccc(Br)cn2)[C@@H]1C#N. The Morgan fingerprint density at radius 1 is 0.892 bits per heavy atom. The topological polar surface area (TPSA) is 49.1 Å². The Labute approximate surface area is 227 Å². The van der Waals surface area contributed by atoms with Crippen LogP contribution in [0.5, 0.6) is 0 Å². The van der Waals surface area contributed by atoms with Gasteiger partial charge in [-0.25, -0.2) is 0 Å². The minimum absolute atomic E-state index is 0.0353. The fourth-order valence-corrected chi connectivity index (χ4v) is 5.64. The van der Waals surface area contributed by atoms with Crippen LogP contribution in [0.25, 0.3) is 0 Å². The number of hydrogen-bond donors (Lipinski definition) is 0. The summed E-state index contributed by atoms with van der Waals surface area (Å²) in [4.78, 5) is 6.82. The minimum Gasteiger partial charge on any atom is -0.359 e. The number of rotatable bonds is 9. The first-order valence-corrected chi connectivity index (χ1v) is 13.2. The monoisotopic (exact) mass is 549 g/mol. The van der Waals surface area contributed by atoms with Gasteiger partial charge in [-0.15, -0.1) is 6.58 Å². The number of nitriles is 1. The van der Waals surface area contributed by atoms with Gasteiger partial charge < -0.3 is 4.74 Å². The molecule has 1 saturated heterocycles. The van der Waals surface area contributed by atoms with Crippen molar-refractivity contribution in [3.8, 4) is 6.07 Å². The molecule has 0 bridgehead atoms. The van der Waals surface area contributed by atoms with E-state index in [1.54, 1.807) is 6.20 Å². The molecule has 2 heterocycles. The van der Waals surface area contributed by atoms with E-state index in [0.29, 0.717) is 13.2 Å². The molecule has 37 heavy (non-hydrogen) atoms. The molecular formula is C32H28BrN3O. The summed E-state index contributed by atoms with van der Waals surface area (Å²) in [5.74, 6) is -0.0712. The van der Waals surface area contributed by atoms with Crippen LogP contribution in [0.2, 0.25) is 0 Å². The molecule has 4 nitrogen and oxygen atoms in total. The van der Waals surface area contributed by atoms with E-state index in [2.05, 4.69) is 74.9 Å². The van der Waals surface area contributed by atoms with Crippen molar-refractivity contribution in [2.75, 3.05) is 13.2 Å². The molecule has 1 fully saturated rings. The van der Waals surface area contributed by atoms with Crippen molar-refractivity contribution in [3.63, 3.8) is 0 Å². The molecular weight excluding hydrogens is 522 g/mol. The molecule has 1 aliphatic rings. The highest BCUT2D eigenvalue weighted by atomic mass is 79.9. The lowest BCUT2D eigenvalue weighted by Gasteiger charge is -2.52. The molecule has 3 atom stereocenters. The van der Waals surface area contributed by atoms with Gasteiger partial charge in [0.25, 0.3) is 0 Å². The fraction of sp³-hybridized carbons (Fsp3) is 0.188. The normalized spacial score (nSPS) is 19.5. The molecule has 0 amide bonds. The van der Waals surface area contributed by atoms with Gasteiger partial charge >= 0.3 is 0 Å². The van der Waals surface area contributed by atoms with Gasteiger partial charge in [0.1, 0.15) is 11.6 Å². The van der Waals surface area contributed by atoms with Gasteiger partial charge in [0.15, 0.2) is 0 Å². The van der Waals surface area contributed by atoms with Crippen LogP contribution in [-0.4, -0.2) is 35.1 Å². The maximum absolute atomic E-state index is 10.0. The highest BCUT2D eigenvalue weighted by Gasteiger charge is 2.51. The van der Waals surface area contributed by atoms with E-state index in [1.807, 2.05) is 72.8 Å². The van der Waals surface area contributed by atoms with E-state index in [4.69, 9.17) is 4.74 Å². The number of benzene rings is 3. The maximum Gasteiger partial charge on any atom is 0.143 e. The van der Waals surface area contributed by atoms with Crippen molar-refractivity contribution in [1.82, 2.24) is 9.88 Å². The third-order valence-corrected chi connectivity index (χ3v) is 7.58. The predicted molar refractivity (Wildman–Crippen MR) is 150 cm³/mol. The van der Waals surface area contributed by atoms with Gasteiger partial charge in [-0.05, 0) is 44.8 Å². The largest absolute Gasteiger partial charge is 0.359 e. The lowest BCUT2D eigenvalue weighted by Crippen LogP contribution is -2.64. The molecule has 5 rings (SSSR count). The smallest absolute Gasteiger partial charge is 0.143 e. The van der Waals surface area contributed by atoms with Crippen LogP contribution in [0.3, 0.4) is 0 Å². The minimum atomic E-state index is -0.820. The van der Waals surface area contributed by atoms with Crippen LogP contribution in [0.15, 0.2) is 126 Å². The number of likely N-dealkylation sites (tertiary alicyclic amines) is 1. The Bertz CT molecular complexity index is 1260. The second-order valence-electron chi connectivity index (χ2n) is 9.14. The van der Waals surface area contributed by atoms with Crippen LogP contribution in [0.1, 0.15) is 28.3 Å². The number of nitrogens with zero attached hydrogens (tertiary/aromatic N) is 3. The zero-order valence-electron chi connectivity index (χ0n) is 20.5. The lowest BCUT2D eigenvalue weighted by atomic mass is 9.77. The molecule has 0 saturated carbocycles. The van der Waals surface area contributed by atoms with Crippen molar-refractivity contribution >= 4 is 15.9 Å². The van der Waals surface area contributed by atoms with Crippen molar-refractivity contribution in [1.29, 1.82) is 5.26 Å². The number of hydrogen-bond acceptors (Lipinski definition) is 4. The van der Waals surface area contributed by atoms with E-state index in [1.165, 1.54) is 0 Å². The molecule has 0 spiro atoms. The first kappa shape index (κ1) is 25.1. The molecule has 1 aromatic heterocycles. The number of pyridine rings is 1. The first-order valence-electron chi connectivity index (χ1n) is 12.4. The van der Waals surface area contributed by atoms with Crippen LogP contribution in [-0.2, 0) is 10.3 Å². The Morgan fingerprint density at radius 3 is 1.86 bits per heavy atom. The molecule has 5 heteroatoms. The fourth-order valence-electron chi connectivity index (χ4n) is 5.40. The standard InChI is InChI=1S/C32H28BrN3O/c1-2-20-36-29(21-34)31(28-19-18-27(33)22-35-28)30(36)23-37-32(24-12-6-3-7-13-24,25-14-8-4-9-15-25)26-16-10-5-11-17-26/h2-19,22,29-31H,1,20,23H2/t29-,30+,31+/m0/s1. The summed E-state index contributed by atoms with van der Waals surface area (Å²) in [5.41, 5.74) is 3.24. The molecule has 0 unspecified atom stereocenters. The highest BCUT2D eigenvalue weighted by Crippen LogP contribution is 2.44. The quantitative estimate of drug-likeness (QED) is 0.172. The van der Waals surface area contributed by atoms with Crippen LogP contribution in [0.4, 0.5) is 0 Å². The molecule has 3 aromatic carbocycles. The van der Waals surface area contributed by atoms with Crippen molar-refractivity contribution in [2.24, 2.45) is 0 Å². The number of halogens is 1. The van der Waals surface area contributed by atoms with E-state index in [-0.39, 0.29) is 18.0 Å². The number of ether oxygens (including phenoxy) is 1. The van der Waals surface area contributed by atoms with Gasteiger partial charge in [0.05, 0.1) is 12.7 Å². The third-order valence-electron chi connectivity index (χ3n) is 7.11. The summed E-state index contributed by atoms with van der Waals surface area (Å²) in [7, 11) is 0. The van der Waals surface area contributed by atoms with Gasteiger partial charge in [-0.2, -0.15) is 5.26 Å². The Morgan fingerprint density at radius 2 is 1.43 bits per heavy atom. The zero-order chi connectivity index (χ0) is 25.7. The molecule has 1 aliphatic heterocycles. The van der Waals surface area contributed by atoms with Crippen LogP contribution in [0, 0.1) is 11.3 Å². The second kappa shape index (κ2) is 11.2. The van der Waals surface area contributed by atoms with Crippen molar-refractivity contribution in [2.45, 2.75) is 23.6 Å². The van der Waals surface area contributed by atoms with Crippen molar-refractivity contribution < 1.29 is 4.74 Å². The summed E-state index contributed by atoms with van der Waals surface area (Å²) in [6, 6.07) is 37.2. The molecule has 0 N–H and O–H groups in total. The average Bonchev–Trinajstić information content (AvgIpc) is 2.95. The molecule has 4 aromatic rings. The predicted octanol–water partition coefficient (Wildman–Crippen LogP) is 6.70. The highest BCUT2D eigenvalue weighted by molar-refractivity contribution is 9.10. The van der Waals surface area contributed by atoms with Crippen LogP contribution < -0.4 is 0 Å². The van der Waals surface area contributed by atoms with Crippen molar-refractivity contribution in [3.05, 3.63) is 149 Å². The Balaban J connectivity index is 1.59. The van der Waals surface area contributed by atoms with Crippen LogP contribution >= 0.6 is 15.9 Å².